The molecular formula is C19H17FN2O3S. The number of hydrogen-bond acceptors (Lipinski definition) is 4. The van der Waals surface area contributed by atoms with Crippen LogP contribution in [-0.2, 0) is 0 Å². The number of halogens is 1. The highest BCUT2D eigenvalue weighted by Crippen LogP contribution is 2.39. The highest BCUT2D eigenvalue weighted by atomic mass is 32.1. The number of pyridine rings is 1. The SMILES string of the molecule is O=C(NC(c1cccs1)C1CC(O)C1)c1cc(=O)c2cccc(F)c2[nH]1. The van der Waals surface area contributed by atoms with Crippen LogP contribution in [0.15, 0.2) is 46.6 Å². The van der Waals surface area contributed by atoms with Crippen molar-refractivity contribution < 1.29 is 14.3 Å². The summed E-state index contributed by atoms with van der Waals surface area (Å²) in [7, 11) is 0. The van der Waals surface area contributed by atoms with Crippen LogP contribution in [0, 0.1) is 11.7 Å². The number of amides is 1. The maximum absolute atomic E-state index is 14.0. The summed E-state index contributed by atoms with van der Waals surface area (Å²) in [6, 6.07) is 9.00. The second kappa shape index (κ2) is 6.66. The molecule has 1 saturated carbocycles. The quantitative estimate of drug-likeness (QED) is 0.658. The number of fused-ring (bicyclic) bond motifs is 1. The van der Waals surface area contributed by atoms with Gasteiger partial charge in [0.15, 0.2) is 5.43 Å². The lowest BCUT2D eigenvalue weighted by atomic mass is 9.76. The number of carbonyl (C=O) groups excluding carboxylic acids is 1. The molecule has 0 aliphatic heterocycles. The summed E-state index contributed by atoms with van der Waals surface area (Å²) in [5, 5.41) is 14.7. The number of carbonyl (C=O) groups is 1. The second-order valence-electron chi connectivity index (χ2n) is 6.56. The van der Waals surface area contributed by atoms with Gasteiger partial charge in [-0.05, 0) is 42.3 Å². The van der Waals surface area contributed by atoms with Crippen molar-refractivity contribution in [3.63, 3.8) is 0 Å². The van der Waals surface area contributed by atoms with Gasteiger partial charge < -0.3 is 15.4 Å². The first-order valence-electron chi connectivity index (χ1n) is 8.37. The number of benzene rings is 1. The smallest absolute Gasteiger partial charge is 0.268 e. The molecule has 3 aromatic rings. The Labute approximate surface area is 152 Å². The summed E-state index contributed by atoms with van der Waals surface area (Å²) in [6.45, 7) is 0. The molecule has 1 amide bonds. The summed E-state index contributed by atoms with van der Waals surface area (Å²) in [5.41, 5.74) is -0.360. The summed E-state index contributed by atoms with van der Waals surface area (Å²) in [5.74, 6) is -0.908. The van der Waals surface area contributed by atoms with E-state index in [9.17, 15) is 19.1 Å². The number of aromatic amines is 1. The predicted octanol–water partition coefficient (Wildman–Crippen LogP) is 2.97. The molecule has 26 heavy (non-hydrogen) atoms. The van der Waals surface area contributed by atoms with Gasteiger partial charge in [0.25, 0.3) is 5.91 Å². The number of aliphatic hydroxyl groups is 1. The normalized spacial score (nSPS) is 20.5. The molecule has 1 fully saturated rings. The molecule has 134 valence electrons. The molecule has 2 heterocycles. The Bertz CT molecular complexity index is 1010. The zero-order valence-electron chi connectivity index (χ0n) is 13.7. The second-order valence-corrected chi connectivity index (χ2v) is 7.54. The summed E-state index contributed by atoms with van der Waals surface area (Å²) < 4.78 is 14.0. The Morgan fingerprint density at radius 1 is 1.31 bits per heavy atom. The highest BCUT2D eigenvalue weighted by molar-refractivity contribution is 7.10. The largest absolute Gasteiger partial charge is 0.393 e. The van der Waals surface area contributed by atoms with Crippen LogP contribution in [0.4, 0.5) is 4.39 Å². The van der Waals surface area contributed by atoms with Gasteiger partial charge in [0.1, 0.15) is 11.5 Å². The van der Waals surface area contributed by atoms with E-state index >= 15 is 0 Å². The van der Waals surface area contributed by atoms with Crippen LogP contribution < -0.4 is 10.7 Å². The van der Waals surface area contributed by atoms with Crippen molar-refractivity contribution in [3.05, 3.63) is 68.4 Å². The van der Waals surface area contributed by atoms with E-state index < -0.39 is 17.2 Å². The summed E-state index contributed by atoms with van der Waals surface area (Å²) in [6.07, 6.45) is 0.895. The predicted molar refractivity (Wildman–Crippen MR) is 97.8 cm³/mol. The van der Waals surface area contributed by atoms with Crippen LogP contribution in [0.2, 0.25) is 0 Å². The number of para-hydroxylation sites is 1. The van der Waals surface area contributed by atoms with Crippen molar-refractivity contribution in [2.45, 2.75) is 25.0 Å². The molecule has 0 saturated heterocycles. The Balaban J connectivity index is 1.65. The molecule has 1 unspecified atom stereocenters. The lowest BCUT2D eigenvalue weighted by Gasteiger charge is -2.37. The van der Waals surface area contributed by atoms with Crippen molar-refractivity contribution in [1.29, 1.82) is 0 Å². The fourth-order valence-electron chi connectivity index (χ4n) is 3.37. The van der Waals surface area contributed by atoms with E-state index in [4.69, 9.17) is 0 Å². The Morgan fingerprint density at radius 3 is 2.81 bits per heavy atom. The summed E-state index contributed by atoms with van der Waals surface area (Å²) >= 11 is 1.53. The van der Waals surface area contributed by atoms with Crippen molar-refractivity contribution >= 4 is 28.1 Å². The Morgan fingerprint density at radius 2 is 2.12 bits per heavy atom. The van der Waals surface area contributed by atoms with Crippen LogP contribution in [0.25, 0.3) is 10.9 Å². The number of aromatic nitrogens is 1. The van der Waals surface area contributed by atoms with Gasteiger partial charge in [0.05, 0.1) is 17.7 Å². The number of aliphatic hydroxyl groups excluding tert-OH is 1. The van der Waals surface area contributed by atoms with Crippen LogP contribution in [-0.4, -0.2) is 22.1 Å². The molecule has 0 spiro atoms. The van der Waals surface area contributed by atoms with Crippen LogP contribution in [0.3, 0.4) is 0 Å². The molecule has 1 atom stereocenters. The third-order valence-corrected chi connectivity index (χ3v) is 5.77. The summed E-state index contributed by atoms with van der Waals surface area (Å²) in [4.78, 5) is 28.7. The lowest BCUT2D eigenvalue weighted by molar-refractivity contribution is 0.0240. The zero-order valence-corrected chi connectivity index (χ0v) is 14.6. The zero-order chi connectivity index (χ0) is 18.3. The first kappa shape index (κ1) is 16.9. The number of nitrogens with one attached hydrogen (secondary N) is 2. The number of H-pyrrole nitrogens is 1. The van der Waals surface area contributed by atoms with E-state index in [0.717, 1.165) is 4.88 Å². The average Bonchev–Trinajstić information content (AvgIpc) is 3.12. The molecular weight excluding hydrogens is 355 g/mol. The van der Waals surface area contributed by atoms with Gasteiger partial charge in [0, 0.05) is 16.3 Å². The fraction of sp³-hybridized carbons (Fsp3) is 0.263. The van der Waals surface area contributed by atoms with Gasteiger partial charge in [-0.2, -0.15) is 0 Å². The lowest BCUT2D eigenvalue weighted by Crippen LogP contribution is -2.41. The third kappa shape index (κ3) is 3.04. The molecule has 1 aliphatic carbocycles. The molecule has 1 aliphatic rings. The molecule has 4 rings (SSSR count). The third-order valence-electron chi connectivity index (χ3n) is 4.82. The van der Waals surface area contributed by atoms with Gasteiger partial charge in [-0.3, -0.25) is 9.59 Å². The van der Waals surface area contributed by atoms with Crippen molar-refractivity contribution in [2.75, 3.05) is 0 Å². The van der Waals surface area contributed by atoms with Crippen LogP contribution in [0.5, 0.6) is 0 Å². The van der Waals surface area contributed by atoms with Crippen molar-refractivity contribution in [2.24, 2.45) is 5.92 Å². The van der Waals surface area contributed by atoms with Gasteiger partial charge in [-0.15, -0.1) is 11.3 Å². The maximum Gasteiger partial charge on any atom is 0.268 e. The van der Waals surface area contributed by atoms with Crippen molar-refractivity contribution in [3.8, 4) is 0 Å². The van der Waals surface area contributed by atoms with Crippen LogP contribution in [0.1, 0.15) is 34.2 Å². The first-order chi connectivity index (χ1) is 12.5. The number of thiophene rings is 1. The minimum absolute atomic E-state index is 0.0222. The molecule has 1 aromatic carbocycles. The average molecular weight is 372 g/mol. The van der Waals surface area contributed by atoms with E-state index in [1.165, 1.54) is 35.6 Å². The van der Waals surface area contributed by atoms with E-state index in [-0.39, 0.29) is 34.7 Å². The number of rotatable bonds is 4. The van der Waals surface area contributed by atoms with Gasteiger partial charge in [-0.1, -0.05) is 12.1 Å². The van der Waals surface area contributed by atoms with Gasteiger partial charge in [0.2, 0.25) is 0 Å². The highest BCUT2D eigenvalue weighted by Gasteiger charge is 2.36. The van der Waals surface area contributed by atoms with Crippen LogP contribution >= 0.6 is 11.3 Å². The fourth-order valence-corrected chi connectivity index (χ4v) is 4.24. The first-order valence-corrected chi connectivity index (χ1v) is 9.25. The Kier molecular flexibility index (Phi) is 4.34. The molecule has 0 bridgehead atoms. The van der Waals surface area contributed by atoms with E-state index in [1.807, 2.05) is 17.5 Å². The topological polar surface area (TPSA) is 82.2 Å². The molecule has 7 heteroatoms. The maximum atomic E-state index is 14.0. The van der Waals surface area contributed by atoms with Gasteiger partial charge >= 0.3 is 0 Å². The van der Waals surface area contributed by atoms with Gasteiger partial charge in [-0.25, -0.2) is 4.39 Å². The monoisotopic (exact) mass is 372 g/mol. The molecule has 5 nitrogen and oxygen atoms in total. The number of hydrogen-bond donors (Lipinski definition) is 3. The van der Waals surface area contributed by atoms with E-state index in [1.54, 1.807) is 0 Å². The molecule has 3 N–H and O–H groups in total. The van der Waals surface area contributed by atoms with Crippen molar-refractivity contribution in [1.82, 2.24) is 10.3 Å². The molecule has 0 radical (unpaired) electrons. The minimum atomic E-state index is -0.578. The standard InChI is InChI=1S/C19H17FN2O3S/c20-13-4-1-3-12-15(24)9-14(21-18(12)13)19(25)22-17(10-7-11(23)8-10)16-5-2-6-26-16/h1-6,9-11,17,23H,7-8H2,(H,21,24)(H,22,25). The minimum Gasteiger partial charge on any atom is -0.393 e. The Hall–Kier alpha value is -2.51. The van der Waals surface area contributed by atoms with E-state index in [0.29, 0.717) is 12.8 Å². The van der Waals surface area contributed by atoms with E-state index in [2.05, 4.69) is 10.3 Å². The molecule has 2 aromatic heterocycles.